The minimum atomic E-state index is -0.0355. The van der Waals surface area contributed by atoms with E-state index in [1.807, 2.05) is 7.11 Å². The highest BCUT2D eigenvalue weighted by molar-refractivity contribution is 5.32. The molecule has 1 N–H and O–H groups in total. The molecular weight excluding hydrogens is 222 g/mol. The van der Waals surface area contributed by atoms with Crippen LogP contribution < -0.4 is 5.32 Å². The monoisotopic (exact) mass is 245 g/mol. The Morgan fingerprint density at radius 2 is 1.72 bits per heavy atom. The summed E-state index contributed by atoms with van der Waals surface area (Å²) in [4.78, 5) is 0. The predicted octanol–water partition coefficient (Wildman–Crippen LogP) is 3.00. The SMILES string of the molecule is COC1(c2ccccc2C)CCC2(CC1)CNC2. The van der Waals surface area contributed by atoms with Crippen molar-refractivity contribution in [1.29, 1.82) is 0 Å². The summed E-state index contributed by atoms with van der Waals surface area (Å²) < 4.78 is 5.99. The van der Waals surface area contributed by atoms with Crippen LogP contribution in [0.2, 0.25) is 0 Å². The molecule has 1 saturated carbocycles. The zero-order valence-electron chi connectivity index (χ0n) is 11.5. The van der Waals surface area contributed by atoms with Gasteiger partial charge in [0, 0.05) is 20.2 Å². The van der Waals surface area contributed by atoms with Crippen LogP contribution in [0.3, 0.4) is 0 Å². The van der Waals surface area contributed by atoms with Gasteiger partial charge in [-0.2, -0.15) is 0 Å². The molecular formula is C16H23NO. The maximum absolute atomic E-state index is 5.99. The first kappa shape index (κ1) is 12.2. The highest BCUT2D eigenvalue weighted by Crippen LogP contribution is 2.49. The number of rotatable bonds is 2. The van der Waals surface area contributed by atoms with Gasteiger partial charge in [0.1, 0.15) is 0 Å². The van der Waals surface area contributed by atoms with Crippen molar-refractivity contribution in [2.75, 3.05) is 20.2 Å². The maximum atomic E-state index is 5.99. The minimum Gasteiger partial charge on any atom is -0.374 e. The molecule has 2 heteroatoms. The fourth-order valence-corrected chi connectivity index (χ4v) is 3.68. The summed E-state index contributed by atoms with van der Waals surface area (Å²) in [5, 5.41) is 3.43. The smallest absolute Gasteiger partial charge is 0.0930 e. The summed E-state index contributed by atoms with van der Waals surface area (Å²) in [7, 11) is 1.88. The standard InChI is InChI=1S/C16H23NO/c1-13-5-3-4-6-14(13)16(18-2)9-7-15(8-10-16)11-17-12-15/h3-6,17H,7-12H2,1-2H3. The first-order chi connectivity index (χ1) is 8.70. The Kier molecular flexibility index (Phi) is 2.95. The van der Waals surface area contributed by atoms with Gasteiger partial charge in [0.2, 0.25) is 0 Å². The van der Waals surface area contributed by atoms with Crippen molar-refractivity contribution < 1.29 is 4.74 Å². The van der Waals surface area contributed by atoms with E-state index in [1.165, 1.54) is 37.1 Å². The molecule has 1 aromatic carbocycles. The van der Waals surface area contributed by atoms with E-state index >= 15 is 0 Å². The molecule has 2 aliphatic rings. The van der Waals surface area contributed by atoms with Gasteiger partial charge < -0.3 is 10.1 Å². The average Bonchev–Trinajstić information content (AvgIpc) is 2.38. The van der Waals surface area contributed by atoms with Crippen LogP contribution in [0.1, 0.15) is 36.8 Å². The van der Waals surface area contributed by atoms with Gasteiger partial charge in [-0.15, -0.1) is 0 Å². The zero-order valence-corrected chi connectivity index (χ0v) is 11.5. The molecule has 1 heterocycles. The van der Waals surface area contributed by atoms with Crippen molar-refractivity contribution in [2.45, 2.75) is 38.2 Å². The van der Waals surface area contributed by atoms with Gasteiger partial charge in [-0.3, -0.25) is 0 Å². The van der Waals surface area contributed by atoms with Crippen LogP contribution in [0.4, 0.5) is 0 Å². The molecule has 0 amide bonds. The molecule has 1 saturated heterocycles. The molecule has 0 radical (unpaired) electrons. The highest BCUT2D eigenvalue weighted by atomic mass is 16.5. The lowest BCUT2D eigenvalue weighted by Crippen LogP contribution is -2.56. The summed E-state index contributed by atoms with van der Waals surface area (Å²) in [6.07, 6.45) is 4.91. The maximum Gasteiger partial charge on any atom is 0.0930 e. The third-order valence-corrected chi connectivity index (χ3v) is 5.14. The molecule has 0 unspecified atom stereocenters. The van der Waals surface area contributed by atoms with Gasteiger partial charge in [0.15, 0.2) is 0 Å². The number of hydrogen-bond donors (Lipinski definition) is 1. The van der Waals surface area contributed by atoms with Crippen LogP contribution in [0, 0.1) is 12.3 Å². The Bertz CT molecular complexity index is 426. The lowest BCUT2D eigenvalue weighted by Gasteiger charge is -2.51. The van der Waals surface area contributed by atoms with E-state index in [4.69, 9.17) is 4.74 Å². The van der Waals surface area contributed by atoms with Gasteiger partial charge in [-0.1, -0.05) is 24.3 Å². The second kappa shape index (κ2) is 4.36. The zero-order chi connectivity index (χ0) is 12.6. The number of nitrogens with one attached hydrogen (secondary N) is 1. The van der Waals surface area contributed by atoms with E-state index in [-0.39, 0.29) is 5.60 Å². The van der Waals surface area contributed by atoms with E-state index in [2.05, 4.69) is 36.5 Å². The lowest BCUT2D eigenvalue weighted by molar-refractivity contribution is -0.0831. The fourth-order valence-electron chi connectivity index (χ4n) is 3.68. The van der Waals surface area contributed by atoms with Crippen molar-refractivity contribution in [3.8, 4) is 0 Å². The van der Waals surface area contributed by atoms with Crippen molar-refractivity contribution in [2.24, 2.45) is 5.41 Å². The molecule has 2 nitrogen and oxygen atoms in total. The number of hydrogen-bond acceptors (Lipinski definition) is 2. The van der Waals surface area contributed by atoms with Crippen molar-refractivity contribution >= 4 is 0 Å². The van der Waals surface area contributed by atoms with E-state index in [0.29, 0.717) is 5.41 Å². The first-order valence-electron chi connectivity index (χ1n) is 7.02. The Hall–Kier alpha value is -0.860. The minimum absolute atomic E-state index is 0.0355. The van der Waals surface area contributed by atoms with E-state index < -0.39 is 0 Å². The molecule has 3 rings (SSSR count). The molecule has 1 aromatic rings. The normalized spacial score (nSPS) is 24.8. The van der Waals surface area contributed by atoms with Gasteiger partial charge in [0.05, 0.1) is 5.60 Å². The second-order valence-corrected chi connectivity index (χ2v) is 6.12. The third-order valence-electron chi connectivity index (χ3n) is 5.14. The lowest BCUT2D eigenvalue weighted by atomic mass is 9.63. The summed E-state index contributed by atoms with van der Waals surface area (Å²) in [6, 6.07) is 8.70. The van der Waals surface area contributed by atoms with Crippen molar-refractivity contribution in [3.63, 3.8) is 0 Å². The number of ether oxygens (including phenoxy) is 1. The van der Waals surface area contributed by atoms with E-state index in [9.17, 15) is 0 Å². The molecule has 2 fully saturated rings. The average molecular weight is 245 g/mol. The summed E-state index contributed by atoms with van der Waals surface area (Å²) in [5.41, 5.74) is 3.31. The van der Waals surface area contributed by atoms with Gasteiger partial charge in [-0.05, 0) is 49.1 Å². The topological polar surface area (TPSA) is 21.3 Å². The van der Waals surface area contributed by atoms with Crippen molar-refractivity contribution in [3.05, 3.63) is 35.4 Å². The Morgan fingerprint density at radius 3 is 2.22 bits per heavy atom. The quantitative estimate of drug-likeness (QED) is 0.865. The predicted molar refractivity (Wildman–Crippen MR) is 73.6 cm³/mol. The van der Waals surface area contributed by atoms with Gasteiger partial charge in [-0.25, -0.2) is 0 Å². The third kappa shape index (κ3) is 1.79. The molecule has 98 valence electrons. The largest absolute Gasteiger partial charge is 0.374 e. The molecule has 0 bridgehead atoms. The van der Waals surface area contributed by atoms with Gasteiger partial charge in [0.25, 0.3) is 0 Å². The molecule has 18 heavy (non-hydrogen) atoms. The highest BCUT2D eigenvalue weighted by Gasteiger charge is 2.47. The number of methoxy groups -OCH3 is 1. The van der Waals surface area contributed by atoms with Crippen LogP contribution in [0.5, 0.6) is 0 Å². The molecule has 1 spiro atoms. The van der Waals surface area contributed by atoms with E-state index in [0.717, 1.165) is 12.8 Å². The summed E-state index contributed by atoms with van der Waals surface area (Å²) in [6.45, 7) is 4.62. The summed E-state index contributed by atoms with van der Waals surface area (Å²) >= 11 is 0. The van der Waals surface area contributed by atoms with Gasteiger partial charge >= 0.3 is 0 Å². The molecule has 0 aromatic heterocycles. The fraction of sp³-hybridized carbons (Fsp3) is 0.625. The number of benzene rings is 1. The van der Waals surface area contributed by atoms with Crippen LogP contribution in [-0.2, 0) is 10.3 Å². The Balaban J connectivity index is 1.86. The summed E-state index contributed by atoms with van der Waals surface area (Å²) in [5.74, 6) is 0. The Morgan fingerprint density at radius 1 is 1.06 bits per heavy atom. The van der Waals surface area contributed by atoms with Crippen LogP contribution in [0.25, 0.3) is 0 Å². The number of aryl methyl sites for hydroxylation is 1. The van der Waals surface area contributed by atoms with Crippen LogP contribution in [-0.4, -0.2) is 20.2 Å². The van der Waals surface area contributed by atoms with Crippen LogP contribution in [0.15, 0.2) is 24.3 Å². The molecule has 1 aliphatic carbocycles. The van der Waals surface area contributed by atoms with E-state index in [1.54, 1.807) is 0 Å². The molecule has 1 aliphatic heterocycles. The van der Waals surface area contributed by atoms with Crippen LogP contribution >= 0.6 is 0 Å². The Labute approximate surface area is 110 Å². The first-order valence-corrected chi connectivity index (χ1v) is 7.02. The van der Waals surface area contributed by atoms with Crippen molar-refractivity contribution in [1.82, 2.24) is 5.32 Å². The second-order valence-electron chi connectivity index (χ2n) is 6.12. The molecule has 0 atom stereocenters.